The van der Waals surface area contributed by atoms with Crippen molar-refractivity contribution in [2.24, 2.45) is 0 Å². The number of thioether (sulfide) groups is 1. The lowest BCUT2D eigenvalue weighted by molar-refractivity contribution is -0.126. The molecule has 2 aromatic carbocycles. The van der Waals surface area contributed by atoms with Gasteiger partial charge in [0.25, 0.3) is 5.91 Å². The highest BCUT2D eigenvalue weighted by atomic mass is 35.5. The van der Waals surface area contributed by atoms with Crippen molar-refractivity contribution in [1.82, 2.24) is 10.2 Å². The van der Waals surface area contributed by atoms with Gasteiger partial charge in [-0.25, -0.2) is 4.79 Å². The number of benzene rings is 2. The zero-order chi connectivity index (χ0) is 22.3. The zero-order valence-electron chi connectivity index (χ0n) is 16.8. The predicted molar refractivity (Wildman–Crippen MR) is 119 cm³/mol. The van der Waals surface area contributed by atoms with E-state index in [1.165, 1.54) is 16.7 Å². The maximum atomic E-state index is 12.4. The molecule has 30 heavy (non-hydrogen) atoms. The summed E-state index contributed by atoms with van der Waals surface area (Å²) in [6, 6.07) is 11.5. The molecule has 9 heteroatoms. The molecule has 1 atom stereocenters. The highest BCUT2D eigenvalue weighted by Gasteiger charge is 2.17. The third-order valence-corrected chi connectivity index (χ3v) is 5.91. The summed E-state index contributed by atoms with van der Waals surface area (Å²) in [7, 11) is 3.33. The first-order chi connectivity index (χ1) is 14.2. The maximum absolute atomic E-state index is 12.4. The molecule has 160 valence electrons. The predicted octanol–water partition coefficient (Wildman–Crippen LogP) is 4.21. The highest BCUT2D eigenvalue weighted by Crippen LogP contribution is 2.26. The molecule has 6 nitrogen and oxygen atoms in total. The molecule has 0 heterocycles. The molecule has 0 aromatic heterocycles. The van der Waals surface area contributed by atoms with Crippen molar-refractivity contribution in [3.8, 4) is 0 Å². The van der Waals surface area contributed by atoms with Gasteiger partial charge in [0.15, 0.2) is 6.61 Å². The highest BCUT2D eigenvalue weighted by molar-refractivity contribution is 8.00. The number of hydrogen-bond donors (Lipinski definition) is 1. The summed E-state index contributed by atoms with van der Waals surface area (Å²) >= 11 is 13.1. The minimum Gasteiger partial charge on any atom is -0.452 e. The summed E-state index contributed by atoms with van der Waals surface area (Å²) in [4.78, 5) is 38.5. The molecule has 2 rings (SSSR count). The lowest BCUT2D eigenvalue weighted by Crippen LogP contribution is -2.31. The first kappa shape index (κ1) is 24.1. The molecule has 0 fully saturated rings. The van der Waals surface area contributed by atoms with Gasteiger partial charge in [-0.1, -0.05) is 41.4 Å². The fourth-order valence-corrected chi connectivity index (χ4v) is 3.71. The average molecular weight is 469 g/mol. The van der Waals surface area contributed by atoms with Crippen LogP contribution in [0.25, 0.3) is 0 Å². The third-order valence-electron chi connectivity index (χ3n) is 4.11. The monoisotopic (exact) mass is 468 g/mol. The number of rotatable bonds is 8. The first-order valence-corrected chi connectivity index (χ1v) is 10.8. The van der Waals surface area contributed by atoms with Gasteiger partial charge in [-0.2, -0.15) is 0 Å². The minimum atomic E-state index is -0.632. The number of halogens is 2. The number of nitrogens with one attached hydrogen (secondary N) is 1. The van der Waals surface area contributed by atoms with Crippen molar-refractivity contribution in [2.75, 3.05) is 26.5 Å². The van der Waals surface area contributed by atoms with Crippen LogP contribution in [-0.2, 0) is 14.3 Å². The number of hydrogen-bond acceptors (Lipinski definition) is 5. The molecule has 0 aliphatic carbocycles. The quantitative estimate of drug-likeness (QED) is 0.463. The molecule has 0 aliphatic heterocycles. The Morgan fingerprint density at radius 2 is 1.80 bits per heavy atom. The molecular formula is C21H22Cl2N2O4S. The van der Waals surface area contributed by atoms with Crippen LogP contribution in [0.5, 0.6) is 0 Å². The van der Waals surface area contributed by atoms with Gasteiger partial charge in [-0.3, -0.25) is 9.59 Å². The van der Waals surface area contributed by atoms with E-state index in [2.05, 4.69) is 5.32 Å². The SMILES string of the molecule is CC(NC(=O)COC(=O)c1ccccc1SCC(=O)N(C)C)c1ccc(Cl)c(Cl)c1. The van der Waals surface area contributed by atoms with Crippen LogP contribution in [0.2, 0.25) is 10.0 Å². The van der Waals surface area contributed by atoms with E-state index in [1.54, 1.807) is 63.5 Å². The molecule has 1 unspecified atom stereocenters. The van der Waals surface area contributed by atoms with Crippen LogP contribution < -0.4 is 5.32 Å². The average Bonchev–Trinajstić information content (AvgIpc) is 2.72. The Labute approximate surface area is 189 Å². The Hall–Kier alpha value is -2.22. The normalized spacial score (nSPS) is 11.5. The molecule has 0 aliphatic rings. The van der Waals surface area contributed by atoms with Crippen LogP contribution in [0.15, 0.2) is 47.4 Å². The lowest BCUT2D eigenvalue weighted by atomic mass is 10.1. The van der Waals surface area contributed by atoms with Crippen molar-refractivity contribution in [1.29, 1.82) is 0 Å². The number of amides is 2. The second-order valence-corrected chi connectivity index (χ2v) is 8.44. The van der Waals surface area contributed by atoms with Crippen LogP contribution >= 0.6 is 35.0 Å². The van der Waals surface area contributed by atoms with Gasteiger partial charge < -0.3 is 15.0 Å². The first-order valence-electron chi connectivity index (χ1n) is 9.02. The van der Waals surface area contributed by atoms with Gasteiger partial charge in [0, 0.05) is 19.0 Å². The second-order valence-electron chi connectivity index (χ2n) is 6.61. The molecule has 2 aromatic rings. The van der Waals surface area contributed by atoms with E-state index in [0.29, 0.717) is 20.5 Å². The van der Waals surface area contributed by atoms with E-state index in [4.69, 9.17) is 27.9 Å². The van der Waals surface area contributed by atoms with Crippen molar-refractivity contribution in [3.05, 3.63) is 63.6 Å². The Balaban J connectivity index is 1.92. The van der Waals surface area contributed by atoms with E-state index >= 15 is 0 Å². The van der Waals surface area contributed by atoms with E-state index in [0.717, 1.165) is 5.56 Å². The fraction of sp³-hybridized carbons (Fsp3) is 0.286. The Kier molecular flexibility index (Phi) is 9.02. The van der Waals surface area contributed by atoms with Gasteiger partial charge in [0.05, 0.1) is 27.4 Å². The zero-order valence-corrected chi connectivity index (χ0v) is 19.1. The largest absolute Gasteiger partial charge is 0.452 e. The molecule has 2 amide bonds. The fourth-order valence-electron chi connectivity index (χ4n) is 2.39. The Morgan fingerprint density at radius 1 is 1.10 bits per heavy atom. The topological polar surface area (TPSA) is 75.7 Å². The number of esters is 1. The number of ether oxygens (including phenoxy) is 1. The number of carbonyl (C=O) groups excluding carboxylic acids is 3. The summed E-state index contributed by atoms with van der Waals surface area (Å²) < 4.78 is 5.16. The standard InChI is InChI=1S/C21H22Cl2N2O4S/c1-13(14-8-9-16(22)17(23)10-14)24-19(26)11-29-21(28)15-6-4-5-7-18(15)30-12-20(27)25(2)3/h4-10,13H,11-12H2,1-3H3,(H,24,26). The third kappa shape index (κ3) is 6.93. The van der Waals surface area contributed by atoms with E-state index in [9.17, 15) is 14.4 Å². The molecule has 0 spiro atoms. The number of nitrogens with zero attached hydrogens (tertiary/aromatic N) is 1. The summed E-state index contributed by atoms with van der Waals surface area (Å²) in [5, 5.41) is 3.56. The Morgan fingerprint density at radius 3 is 2.47 bits per heavy atom. The van der Waals surface area contributed by atoms with Gasteiger partial charge in [0.2, 0.25) is 5.91 Å². The summed E-state index contributed by atoms with van der Waals surface area (Å²) in [5.74, 6) is -0.958. The van der Waals surface area contributed by atoms with Gasteiger partial charge in [-0.05, 0) is 36.8 Å². The van der Waals surface area contributed by atoms with Crippen molar-refractivity contribution < 1.29 is 19.1 Å². The van der Waals surface area contributed by atoms with Gasteiger partial charge in [-0.15, -0.1) is 11.8 Å². The summed E-state index contributed by atoms with van der Waals surface area (Å²) in [6.07, 6.45) is 0. The van der Waals surface area contributed by atoms with E-state index < -0.39 is 18.5 Å². The maximum Gasteiger partial charge on any atom is 0.339 e. The van der Waals surface area contributed by atoms with Crippen LogP contribution in [0.1, 0.15) is 28.9 Å². The summed E-state index contributed by atoms with van der Waals surface area (Å²) in [6.45, 7) is 1.35. The van der Waals surface area contributed by atoms with Crippen LogP contribution in [0, 0.1) is 0 Å². The van der Waals surface area contributed by atoms with Crippen molar-refractivity contribution in [2.45, 2.75) is 17.9 Å². The minimum absolute atomic E-state index is 0.0705. The molecule has 0 bridgehead atoms. The van der Waals surface area contributed by atoms with Crippen molar-refractivity contribution in [3.63, 3.8) is 0 Å². The Bertz CT molecular complexity index is 937. The van der Waals surface area contributed by atoms with Crippen molar-refractivity contribution >= 4 is 52.7 Å². The van der Waals surface area contributed by atoms with Gasteiger partial charge >= 0.3 is 5.97 Å². The number of carbonyl (C=O) groups is 3. The van der Waals surface area contributed by atoms with E-state index in [-0.39, 0.29) is 17.7 Å². The molecule has 0 saturated heterocycles. The van der Waals surface area contributed by atoms with Crippen LogP contribution in [0.4, 0.5) is 0 Å². The van der Waals surface area contributed by atoms with Gasteiger partial charge in [0.1, 0.15) is 0 Å². The lowest BCUT2D eigenvalue weighted by Gasteiger charge is -2.15. The smallest absolute Gasteiger partial charge is 0.339 e. The molecule has 0 radical (unpaired) electrons. The second kappa shape index (κ2) is 11.2. The summed E-state index contributed by atoms with van der Waals surface area (Å²) in [5.41, 5.74) is 1.08. The molecular weight excluding hydrogens is 447 g/mol. The van der Waals surface area contributed by atoms with Crippen LogP contribution in [0.3, 0.4) is 0 Å². The van der Waals surface area contributed by atoms with Crippen LogP contribution in [-0.4, -0.2) is 49.1 Å². The molecule has 1 N–H and O–H groups in total. The van der Waals surface area contributed by atoms with E-state index in [1.807, 2.05) is 0 Å². The molecule has 0 saturated carbocycles.